The van der Waals surface area contributed by atoms with Crippen molar-refractivity contribution in [1.82, 2.24) is 20.0 Å². The number of hydrogen-bond acceptors (Lipinski definition) is 14. The predicted octanol–water partition coefficient (Wildman–Crippen LogP) is 6.71. The first-order valence-corrected chi connectivity index (χ1v) is 26.7. The van der Waals surface area contributed by atoms with E-state index in [9.17, 15) is 15.0 Å². The lowest BCUT2D eigenvalue weighted by atomic mass is 9.85. The van der Waals surface area contributed by atoms with E-state index in [0.717, 1.165) is 99.2 Å². The summed E-state index contributed by atoms with van der Waals surface area (Å²) in [4.78, 5) is 21.1. The number of anilines is 1. The van der Waals surface area contributed by atoms with E-state index in [1.54, 1.807) is 21.3 Å². The van der Waals surface area contributed by atoms with E-state index < -0.39 is 6.23 Å². The van der Waals surface area contributed by atoms with Crippen LogP contribution in [0, 0.1) is 17.8 Å². The molecule has 4 heterocycles. The fraction of sp³-hybridized carbons (Fsp3) is 0.661. The number of fused-ring (bicyclic) bond motifs is 6. The van der Waals surface area contributed by atoms with E-state index >= 15 is 0 Å². The van der Waals surface area contributed by atoms with Crippen LogP contribution < -0.4 is 20.1 Å². The third-order valence-corrected chi connectivity index (χ3v) is 16.2. The van der Waals surface area contributed by atoms with E-state index in [2.05, 4.69) is 75.6 Å². The van der Waals surface area contributed by atoms with Gasteiger partial charge in [0.15, 0.2) is 17.7 Å². The van der Waals surface area contributed by atoms with Crippen LogP contribution in [-0.4, -0.2) is 167 Å². The molecule has 15 heteroatoms. The summed E-state index contributed by atoms with van der Waals surface area (Å²) in [5.74, 6) is 2.69. The molecule has 4 N–H and O–H groups in total. The van der Waals surface area contributed by atoms with Crippen LogP contribution in [-0.2, 0) is 23.7 Å². The number of aliphatic hydroxyl groups excluding tert-OH is 2. The molecule has 0 saturated carbocycles. The molecule has 1 aromatic carbocycles. The lowest BCUT2D eigenvalue weighted by molar-refractivity contribution is 0.0122. The minimum absolute atomic E-state index is 0.0580. The van der Waals surface area contributed by atoms with Gasteiger partial charge in [0, 0.05) is 81.5 Å². The average Bonchev–Trinajstić information content (AvgIpc) is 3.88. The van der Waals surface area contributed by atoms with Gasteiger partial charge in [-0.05, 0) is 106 Å². The Balaban J connectivity index is 0.934. The molecule has 0 radical (unpaired) electrons. The highest BCUT2D eigenvalue weighted by molar-refractivity contribution is 6.02. The third-order valence-electron chi connectivity index (χ3n) is 16.2. The summed E-state index contributed by atoms with van der Waals surface area (Å²) in [5, 5.41) is 30.1. The molecule has 9 atom stereocenters. The molecular formula is C56H81N5O10. The maximum Gasteiger partial charge on any atom is 0.256 e. The average molecular weight is 984 g/mol. The second-order valence-corrected chi connectivity index (χ2v) is 21.1. The highest BCUT2D eigenvalue weighted by atomic mass is 16.5. The first-order chi connectivity index (χ1) is 34.6. The van der Waals surface area contributed by atoms with Crippen LogP contribution in [0.15, 0.2) is 82.5 Å². The van der Waals surface area contributed by atoms with Gasteiger partial charge in [0.1, 0.15) is 18.5 Å². The lowest BCUT2D eigenvalue weighted by Crippen LogP contribution is -2.43. The summed E-state index contributed by atoms with van der Waals surface area (Å²) < 4.78 is 42.6. The monoisotopic (exact) mass is 984 g/mol. The van der Waals surface area contributed by atoms with Crippen molar-refractivity contribution in [3.63, 3.8) is 0 Å². The van der Waals surface area contributed by atoms with Gasteiger partial charge in [-0.1, -0.05) is 44.2 Å². The van der Waals surface area contributed by atoms with Crippen molar-refractivity contribution in [2.75, 3.05) is 99.1 Å². The van der Waals surface area contributed by atoms with Gasteiger partial charge in [-0.15, -0.1) is 0 Å². The van der Waals surface area contributed by atoms with Gasteiger partial charge in [-0.3, -0.25) is 9.69 Å². The van der Waals surface area contributed by atoms with E-state index in [4.69, 9.17) is 33.2 Å². The van der Waals surface area contributed by atoms with E-state index in [-0.39, 0.29) is 54.1 Å². The molecule has 390 valence electrons. The van der Waals surface area contributed by atoms with Gasteiger partial charge >= 0.3 is 0 Å². The van der Waals surface area contributed by atoms with Crippen LogP contribution in [0.2, 0.25) is 0 Å². The van der Waals surface area contributed by atoms with Crippen LogP contribution in [0.1, 0.15) is 94.8 Å². The highest BCUT2D eigenvalue weighted by Gasteiger charge is 2.46. The van der Waals surface area contributed by atoms with Crippen molar-refractivity contribution in [3.05, 3.63) is 88.0 Å². The fourth-order valence-corrected chi connectivity index (χ4v) is 12.3. The molecule has 8 aliphatic rings. The van der Waals surface area contributed by atoms with Crippen LogP contribution in [0.3, 0.4) is 0 Å². The Hall–Kier alpha value is -4.35. The van der Waals surface area contributed by atoms with Gasteiger partial charge in [-0.25, -0.2) is 0 Å². The number of carbonyl (C=O) groups excluding carboxylic acids is 1. The minimum Gasteiger partial charge on any atom is -0.495 e. The normalized spacial score (nSPS) is 28.2. The Morgan fingerprint density at radius 3 is 2.54 bits per heavy atom. The van der Waals surface area contributed by atoms with Crippen LogP contribution in [0.4, 0.5) is 5.69 Å². The molecular weight excluding hydrogens is 903 g/mol. The van der Waals surface area contributed by atoms with Gasteiger partial charge in [0.05, 0.1) is 76.2 Å². The molecule has 0 bridgehead atoms. The van der Waals surface area contributed by atoms with Crippen LogP contribution in [0.5, 0.6) is 11.5 Å². The van der Waals surface area contributed by atoms with Crippen LogP contribution in [0.25, 0.3) is 0 Å². The number of nitrogens with zero attached hydrogens (tertiary/aromatic N) is 3. The Morgan fingerprint density at radius 1 is 0.887 bits per heavy atom. The molecule has 7 unspecified atom stereocenters. The molecule has 1 saturated heterocycles. The molecule has 0 spiro atoms. The lowest BCUT2D eigenvalue weighted by Gasteiger charge is -2.37. The summed E-state index contributed by atoms with van der Waals surface area (Å²) in [7, 11) is 5.03. The number of methoxy groups -OCH3 is 3. The smallest absolute Gasteiger partial charge is 0.256 e. The summed E-state index contributed by atoms with van der Waals surface area (Å²) in [6, 6.07) is 4.42. The maximum atomic E-state index is 14.3. The molecule has 4 aliphatic carbocycles. The van der Waals surface area contributed by atoms with Crippen molar-refractivity contribution >= 4 is 11.6 Å². The number of carbonyl (C=O) groups is 1. The topological polar surface area (TPSA) is 156 Å². The predicted molar refractivity (Wildman–Crippen MR) is 273 cm³/mol. The number of aliphatic hydroxyl groups is 2. The maximum absolute atomic E-state index is 14.3. The largest absolute Gasteiger partial charge is 0.495 e. The second-order valence-electron chi connectivity index (χ2n) is 21.1. The SMILES string of the molecule is COCCOCCOCCN(CCCC(O)C(C)C)C1C=C(COc2cc3c(cc2OC)C(=O)N2C4CCC=CC4C[C@H]2CN3)CC(COC2=CC3=C(CC2OC)C(O)N2C4=C(C=CCC4)C[C@H]2CN3)C1. The molecule has 15 nitrogen and oxygen atoms in total. The third kappa shape index (κ3) is 11.9. The summed E-state index contributed by atoms with van der Waals surface area (Å²) >= 11 is 0. The van der Waals surface area contributed by atoms with Crippen molar-refractivity contribution in [2.24, 2.45) is 17.8 Å². The fourth-order valence-electron chi connectivity index (χ4n) is 12.3. The molecule has 1 aromatic rings. The first kappa shape index (κ1) is 51.5. The Kier molecular flexibility index (Phi) is 17.5. The quantitative estimate of drug-likeness (QED) is 0.0679. The Morgan fingerprint density at radius 2 is 1.72 bits per heavy atom. The number of ether oxygens (including phenoxy) is 7. The first-order valence-electron chi connectivity index (χ1n) is 26.7. The van der Waals surface area contributed by atoms with Crippen molar-refractivity contribution in [1.29, 1.82) is 0 Å². The van der Waals surface area contributed by atoms with Gasteiger partial charge in [0.2, 0.25) is 0 Å². The van der Waals surface area contributed by atoms with Gasteiger partial charge < -0.3 is 63.8 Å². The number of hydrogen-bond donors (Lipinski definition) is 4. The van der Waals surface area contributed by atoms with E-state index in [1.807, 2.05) is 12.1 Å². The standard InChI is InChI=1S/C56H81N5O10/c1-36(2)50(62)15-10-16-59(17-18-68-21-22-69-20-19-65-3)41-24-37(34-70-53-30-46-44(28-51(53)66-4)55(63)60-42(32-57-46)26-39-11-6-8-13-48(39)60)23-38(25-41)35-71-54-31-47-45(29-52(54)67-5)56(64)61-43(33-58-47)27-40-12-7-9-14-49(40)61/h6-7,11-12,24,28,30-31,36,38-39,41-43,48,50,52,56-58,62,64H,8-10,13-23,25-27,29,32-35H2,1-5H3/t38?,39?,41?,42-,43-,48?,50?,52?,56?/m0/s1. The second kappa shape index (κ2) is 24.1. The molecule has 0 aromatic heterocycles. The zero-order valence-corrected chi connectivity index (χ0v) is 43.0. The summed E-state index contributed by atoms with van der Waals surface area (Å²) in [6.45, 7) is 10.5. The highest BCUT2D eigenvalue weighted by Crippen LogP contribution is 2.44. The molecule has 1 amide bonds. The number of benzene rings is 1. The van der Waals surface area contributed by atoms with Gasteiger partial charge in [0.25, 0.3) is 5.91 Å². The van der Waals surface area contributed by atoms with E-state index in [0.29, 0.717) is 95.2 Å². The zero-order valence-electron chi connectivity index (χ0n) is 43.0. The zero-order chi connectivity index (χ0) is 49.4. The Bertz CT molecular complexity index is 2200. The number of amides is 1. The molecule has 9 rings (SSSR count). The van der Waals surface area contributed by atoms with Crippen molar-refractivity contribution in [2.45, 2.75) is 127 Å². The van der Waals surface area contributed by atoms with Crippen LogP contribution >= 0.6 is 0 Å². The molecule has 1 fully saturated rings. The van der Waals surface area contributed by atoms with E-state index in [1.165, 1.54) is 11.3 Å². The minimum atomic E-state index is -0.722. The number of nitrogens with one attached hydrogen (secondary N) is 2. The summed E-state index contributed by atoms with van der Waals surface area (Å²) in [5.41, 5.74) is 7.04. The van der Waals surface area contributed by atoms with Crippen molar-refractivity contribution in [3.8, 4) is 11.5 Å². The molecule has 4 aliphatic heterocycles. The van der Waals surface area contributed by atoms with Gasteiger partial charge in [-0.2, -0.15) is 0 Å². The van der Waals surface area contributed by atoms with Crippen molar-refractivity contribution < 1.29 is 48.2 Å². The Labute approximate surface area is 421 Å². The summed E-state index contributed by atoms with van der Waals surface area (Å²) in [6.07, 6.45) is 21.6. The number of allylic oxidation sites excluding steroid dienone is 5. The number of rotatable bonds is 23. The molecule has 71 heavy (non-hydrogen) atoms.